The van der Waals surface area contributed by atoms with Crippen molar-refractivity contribution >= 4 is 29.4 Å². The summed E-state index contributed by atoms with van der Waals surface area (Å²) in [6, 6.07) is 25.3. The topological polar surface area (TPSA) is 55.4 Å². The van der Waals surface area contributed by atoms with E-state index in [4.69, 9.17) is 9.05 Å². The van der Waals surface area contributed by atoms with Gasteiger partial charge in [-0.3, -0.25) is 0 Å². The summed E-state index contributed by atoms with van der Waals surface area (Å²) >= 11 is 0. The Balaban J connectivity index is 1.69. The molecule has 4 aromatic carbocycles. The second-order valence-electron chi connectivity index (χ2n) is 5.58. The van der Waals surface area contributed by atoms with Gasteiger partial charge in [-0.2, -0.15) is 0 Å². The first-order valence-electron chi connectivity index (χ1n) is 7.78. The normalized spacial score (nSPS) is 11.6. The Morgan fingerprint density at radius 2 is 0.960 bits per heavy atom. The van der Waals surface area contributed by atoms with Crippen molar-refractivity contribution in [2.45, 2.75) is 0 Å². The molecule has 0 amide bonds. The molecule has 0 saturated carbocycles. The molecule has 0 spiro atoms. The van der Waals surface area contributed by atoms with Crippen LogP contribution in [0.3, 0.4) is 0 Å². The number of rotatable bonds is 4. The lowest BCUT2D eigenvalue weighted by Crippen LogP contribution is -1.99. The zero-order chi connectivity index (χ0) is 17.3. The van der Waals surface area contributed by atoms with Gasteiger partial charge in [0.15, 0.2) is 0 Å². The van der Waals surface area contributed by atoms with Gasteiger partial charge in [-0.15, -0.1) is 0 Å². The van der Waals surface area contributed by atoms with Crippen molar-refractivity contribution < 1.29 is 18.5 Å². The molecule has 0 saturated heterocycles. The molecule has 0 N–H and O–H groups in total. The number of fused-ring (bicyclic) bond motifs is 2. The van der Waals surface area contributed by atoms with Crippen molar-refractivity contribution in [2.24, 2.45) is 0 Å². The standard InChI is InChI=1S/C20H14O4P/c21-25(22,23-19-13-5-9-15-7-1-3-11-17(15)19)24-20-14-6-10-16-8-2-4-12-18(16)20/h1-14H. The lowest BCUT2D eigenvalue weighted by atomic mass is 10.1. The zero-order valence-electron chi connectivity index (χ0n) is 13.2. The van der Waals surface area contributed by atoms with Crippen LogP contribution >= 0.6 is 7.82 Å². The maximum atomic E-state index is 12.4. The Labute approximate surface area is 144 Å². The second-order valence-corrected chi connectivity index (χ2v) is 6.84. The highest BCUT2D eigenvalue weighted by atomic mass is 31.2. The van der Waals surface area contributed by atoms with E-state index in [2.05, 4.69) is 0 Å². The van der Waals surface area contributed by atoms with E-state index in [-0.39, 0.29) is 11.5 Å². The van der Waals surface area contributed by atoms with E-state index in [0.29, 0.717) is 10.8 Å². The van der Waals surface area contributed by atoms with Crippen LogP contribution in [0.2, 0.25) is 0 Å². The summed E-state index contributed by atoms with van der Waals surface area (Å²) < 4.78 is 22.9. The smallest absolute Gasteiger partial charge is 0.393 e. The van der Waals surface area contributed by atoms with Gasteiger partial charge in [0.2, 0.25) is 0 Å². The molecule has 0 unspecified atom stereocenters. The van der Waals surface area contributed by atoms with Crippen LogP contribution in [0.25, 0.3) is 21.5 Å². The monoisotopic (exact) mass is 349 g/mol. The molecule has 0 aromatic heterocycles. The van der Waals surface area contributed by atoms with Crippen molar-refractivity contribution in [3.63, 3.8) is 0 Å². The van der Waals surface area contributed by atoms with Gasteiger partial charge in [0.25, 0.3) is 0 Å². The molecule has 25 heavy (non-hydrogen) atoms. The van der Waals surface area contributed by atoms with Crippen molar-refractivity contribution in [1.29, 1.82) is 0 Å². The molecule has 4 aromatic rings. The van der Waals surface area contributed by atoms with Crippen LogP contribution in [0.15, 0.2) is 84.9 Å². The second kappa shape index (κ2) is 6.25. The maximum absolute atomic E-state index is 12.4. The van der Waals surface area contributed by atoms with E-state index in [9.17, 15) is 9.46 Å². The summed E-state index contributed by atoms with van der Waals surface area (Å²) in [7, 11) is -4.60. The van der Waals surface area contributed by atoms with Crippen molar-refractivity contribution in [2.75, 3.05) is 0 Å². The average molecular weight is 349 g/mol. The maximum Gasteiger partial charge on any atom is 0.616 e. The SMILES string of the molecule is [O]P(=O)(Oc1cccc2ccccc12)Oc1cccc2ccccc12. The molecule has 4 nitrogen and oxygen atoms in total. The summed E-state index contributed by atoms with van der Waals surface area (Å²) in [4.78, 5) is 12.4. The van der Waals surface area contributed by atoms with Crippen LogP contribution in [0.1, 0.15) is 0 Å². The van der Waals surface area contributed by atoms with Gasteiger partial charge >= 0.3 is 7.82 Å². The molecule has 5 heteroatoms. The molecule has 0 bridgehead atoms. The highest BCUT2D eigenvalue weighted by Gasteiger charge is 2.29. The van der Waals surface area contributed by atoms with E-state index in [1.807, 2.05) is 60.7 Å². The molecule has 0 atom stereocenters. The van der Waals surface area contributed by atoms with E-state index in [1.54, 1.807) is 24.3 Å². The van der Waals surface area contributed by atoms with Crippen LogP contribution in [0, 0.1) is 0 Å². The van der Waals surface area contributed by atoms with Gasteiger partial charge in [0.05, 0.1) is 0 Å². The van der Waals surface area contributed by atoms with Crippen LogP contribution in [-0.2, 0) is 9.46 Å². The summed E-state index contributed by atoms with van der Waals surface area (Å²) in [6.45, 7) is 0. The molecule has 4 rings (SSSR count). The van der Waals surface area contributed by atoms with E-state index < -0.39 is 7.82 Å². The van der Waals surface area contributed by atoms with Crippen molar-refractivity contribution in [3.8, 4) is 11.5 Å². The third kappa shape index (κ3) is 3.22. The van der Waals surface area contributed by atoms with Gasteiger partial charge in [0.1, 0.15) is 11.5 Å². The van der Waals surface area contributed by atoms with Crippen molar-refractivity contribution in [3.05, 3.63) is 84.9 Å². The van der Waals surface area contributed by atoms with Crippen LogP contribution < -0.4 is 9.05 Å². The summed E-state index contributed by atoms with van der Waals surface area (Å²) in [5.41, 5.74) is 0. The zero-order valence-corrected chi connectivity index (χ0v) is 14.1. The Kier molecular flexibility index (Phi) is 3.92. The molecule has 0 aliphatic rings. The van der Waals surface area contributed by atoms with Gasteiger partial charge < -0.3 is 9.05 Å². The summed E-state index contributed by atoms with van der Waals surface area (Å²) in [5.74, 6) is 0.494. The molecule has 0 heterocycles. The minimum atomic E-state index is -4.60. The summed E-state index contributed by atoms with van der Waals surface area (Å²) in [5, 5.41) is 3.21. The van der Waals surface area contributed by atoms with E-state index >= 15 is 0 Å². The molecule has 0 aliphatic heterocycles. The lowest BCUT2D eigenvalue weighted by molar-refractivity contribution is 0.252. The minimum Gasteiger partial charge on any atom is -0.393 e. The summed E-state index contributed by atoms with van der Waals surface area (Å²) in [6.07, 6.45) is 0. The minimum absolute atomic E-state index is 0.247. The highest BCUT2D eigenvalue weighted by Crippen LogP contribution is 2.48. The lowest BCUT2D eigenvalue weighted by Gasteiger charge is -2.15. The predicted octanol–water partition coefficient (Wildman–Crippen LogP) is 5.99. The van der Waals surface area contributed by atoms with Gasteiger partial charge in [-0.05, 0) is 22.9 Å². The largest absolute Gasteiger partial charge is 0.616 e. The fourth-order valence-electron chi connectivity index (χ4n) is 2.81. The first-order chi connectivity index (χ1) is 12.1. The van der Waals surface area contributed by atoms with E-state index in [0.717, 1.165) is 10.8 Å². The van der Waals surface area contributed by atoms with E-state index in [1.165, 1.54) is 0 Å². The molecular weight excluding hydrogens is 335 g/mol. The van der Waals surface area contributed by atoms with Crippen LogP contribution in [0.5, 0.6) is 11.5 Å². The molecule has 0 aliphatic carbocycles. The third-order valence-electron chi connectivity index (χ3n) is 3.92. The van der Waals surface area contributed by atoms with Gasteiger partial charge in [-0.1, -0.05) is 77.7 Å². The number of hydrogen-bond acceptors (Lipinski definition) is 3. The number of hydrogen-bond donors (Lipinski definition) is 0. The Morgan fingerprint density at radius 3 is 1.44 bits per heavy atom. The fourth-order valence-corrected chi connectivity index (χ4v) is 3.65. The molecule has 0 fully saturated rings. The molecule has 1 radical (unpaired) electrons. The average Bonchev–Trinajstić information content (AvgIpc) is 2.62. The first-order valence-corrected chi connectivity index (χ1v) is 9.24. The third-order valence-corrected chi connectivity index (χ3v) is 4.76. The van der Waals surface area contributed by atoms with Crippen LogP contribution in [-0.4, -0.2) is 0 Å². The Hall–Kier alpha value is -2.81. The molecular formula is C20H14O4P. The first kappa shape index (κ1) is 15.7. The molecule has 123 valence electrons. The fraction of sp³-hybridized carbons (Fsp3) is 0. The van der Waals surface area contributed by atoms with Crippen molar-refractivity contribution in [1.82, 2.24) is 0 Å². The Bertz CT molecular complexity index is 1010. The van der Waals surface area contributed by atoms with Gasteiger partial charge in [-0.25, -0.2) is 4.57 Å². The van der Waals surface area contributed by atoms with Gasteiger partial charge in [0, 0.05) is 10.8 Å². The van der Waals surface area contributed by atoms with Crippen LogP contribution in [0.4, 0.5) is 0 Å². The number of benzene rings is 4. The predicted molar refractivity (Wildman–Crippen MR) is 97.4 cm³/mol. The Morgan fingerprint density at radius 1 is 0.560 bits per heavy atom. The highest BCUT2D eigenvalue weighted by molar-refractivity contribution is 7.48. The quantitative estimate of drug-likeness (QED) is 0.425.